The van der Waals surface area contributed by atoms with Gasteiger partial charge in [-0.25, -0.2) is 13.8 Å². The van der Waals surface area contributed by atoms with Crippen LogP contribution in [0.2, 0.25) is 0 Å². The monoisotopic (exact) mass is 444 g/mol. The van der Waals surface area contributed by atoms with E-state index < -0.39 is 16.0 Å². The average molecular weight is 445 g/mol. The number of amides is 1. The quantitative estimate of drug-likeness (QED) is 0.393. The van der Waals surface area contributed by atoms with Crippen molar-refractivity contribution >= 4 is 28.1 Å². The van der Waals surface area contributed by atoms with Crippen molar-refractivity contribution in [3.63, 3.8) is 0 Å². The van der Waals surface area contributed by atoms with Crippen molar-refractivity contribution in [2.24, 2.45) is 5.10 Å². The summed E-state index contributed by atoms with van der Waals surface area (Å²) in [4.78, 5) is 24.1. The fourth-order valence-corrected chi connectivity index (χ4v) is 4.67. The van der Waals surface area contributed by atoms with Gasteiger partial charge in [0, 0.05) is 0 Å². The van der Waals surface area contributed by atoms with Crippen LogP contribution in [0, 0.1) is 6.92 Å². The fraction of sp³-hybridized carbons (Fsp3) is 0.286. The summed E-state index contributed by atoms with van der Waals surface area (Å²) in [7, 11) is -3.53. The van der Waals surface area contributed by atoms with Gasteiger partial charge in [-0.1, -0.05) is 42.0 Å². The molecule has 0 radical (unpaired) electrons. The molecule has 0 saturated carbocycles. The zero-order valence-electron chi connectivity index (χ0n) is 17.1. The van der Waals surface area contributed by atoms with Gasteiger partial charge in [-0.05, 0) is 30.2 Å². The van der Waals surface area contributed by atoms with Gasteiger partial charge in [0.15, 0.2) is 6.54 Å². The topological polar surface area (TPSA) is 123 Å². The minimum absolute atomic E-state index is 0.0633. The van der Waals surface area contributed by atoms with E-state index in [0.29, 0.717) is 31.7 Å². The minimum atomic E-state index is -3.53. The molecule has 10 heteroatoms. The van der Waals surface area contributed by atoms with Gasteiger partial charge in [0.2, 0.25) is 10.0 Å². The van der Waals surface area contributed by atoms with Gasteiger partial charge in [0.1, 0.15) is 0 Å². The van der Waals surface area contributed by atoms with Gasteiger partial charge in [0.25, 0.3) is 5.91 Å². The number of carbonyl (C=O) groups excluding carboxylic acids is 2. The Hall–Kier alpha value is -3.08. The van der Waals surface area contributed by atoms with Crippen molar-refractivity contribution < 1.29 is 28.0 Å². The Bertz CT molecular complexity index is 1060. The van der Waals surface area contributed by atoms with Crippen molar-refractivity contribution in [3.05, 3.63) is 65.2 Å². The van der Waals surface area contributed by atoms with E-state index in [4.69, 9.17) is 0 Å². The maximum atomic E-state index is 12.7. The summed E-state index contributed by atoms with van der Waals surface area (Å²) in [6, 6.07) is 12.7. The molecule has 1 fully saturated rings. The SMILES string of the molecule is Cc1ccc(S(=O)(=O)N2CC[NH+](CC(=O)N/N=C/c3ccc(C(=O)[O-])cc3)CC2)cc1. The number of carbonyl (C=O) groups is 2. The number of piperazine rings is 1. The molecule has 0 spiro atoms. The molecule has 3 rings (SSSR count). The van der Waals surface area contributed by atoms with Crippen molar-refractivity contribution in [1.29, 1.82) is 0 Å². The highest BCUT2D eigenvalue weighted by atomic mass is 32.2. The number of nitrogens with zero attached hydrogens (tertiary/aromatic N) is 2. The van der Waals surface area contributed by atoms with Crippen LogP contribution in [0.4, 0.5) is 0 Å². The Morgan fingerprint density at radius 1 is 1.10 bits per heavy atom. The number of hydrogen-bond donors (Lipinski definition) is 2. The summed E-state index contributed by atoms with van der Waals surface area (Å²) in [5.74, 6) is -1.54. The lowest BCUT2D eigenvalue weighted by atomic mass is 10.1. The molecule has 0 bridgehead atoms. The summed E-state index contributed by atoms with van der Waals surface area (Å²) in [6.45, 7) is 3.80. The van der Waals surface area contributed by atoms with Gasteiger partial charge >= 0.3 is 0 Å². The molecule has 1 amide bonds. The predicted molar refractivity (Wildman–Crippen MR) is 112 cm³/mol. The highest BCUT2D eigenvalue weighted by Gasteiger charge is 2.31. The number of quaternary nitrogens is 1. The molecule has 0 aromatic heterocycles. The molecule has 164 valence electrons. The number of benzene rings is 2. The summed E-state index contributed by atoms with van der Waals surface area (Å²) in [5, 5.41) is 14.6. The maximum absolute atomic E-state index is 12.7. The summed E-state index contributed by atoms with van der Waals surface area (Å²) in [5.41, 5.74) is 4.13. The molecule has 9 nitrogen and oxygen atoms in total. The number of carboxylic acids is 1. The van der Waals surface area contributed by atoms with Gasteiger partial charge < -0.3 is 14.8 Å². The Balaban J connectivity index is 1.46. The molecule has 2 aromatic rings. The fourth-order valence-electron chi connectivity index (χ4n) is 3.23. The normalized spacial score (nSPS) is 15.8. The van der Waals surface area contributed by atoms with E-state index in [2.05, 4.69) is 10.5 Å². The van der Waals surface area contributed by atoms with Gasteiger partial charge in [-0.2, -0.15) is 9.41 Å². The van der Waals surface area contributed by atoms with Crippen molar-refractivity contribution in [1.82, 2.24) is 9.73 Å². The van der Waals surface area contributed by atoms with Crippen molar-refractivity contribution in [2.45, 2.75) is 11.8 Å². The Morgan fingerprint density at radius 2 is 1.71 bits per heavy atom. The van der Waals surface area contributed by atoms with Gasteiger partial charge in [-0.15, -0.1) is 0 Å². The molecule has 31 heavy (non-hydrogen) atoms. The first-order valence-corrected chi connectivity index (χ1v) is 11.2. The Morgan fingerprint density at radius 3 is 2.29 bits per heavy atom. The number of sulfonamides is 1. The molecule has 0 atom stereocenters. The van der Waals surface area contributed by atoms with Crippen LogP contribution >= 0.6 is 0 Å². The smallest absolute Gasteiger partial charge is 0.295 e. The second-order valence-electron chi connectivity index (χ2n) is 7.35. The number of rotatable bonds is 7. The first-order chi connectivity index (χ1) is 14.8. The minimum Gasteiger partial charge on any atom is -0.545 e. The van der Waals surface area contributed by atoms with Crippen LogP contribution < -0.4 is 15.4 Å². The van der Waals surface area contributed by atoms with Crippen molar-refractivity contribution in [2.75, 3.05) is 32.7 Å². The molecule has 0 unspecified atom stereocenters. The molecule has 0 aliphatic carbocycles. The van der Waals surface area contributed by atoms with E-state index in [-0.39, 0.29) is 22.9 Å². The number of nitrogens with one attached hydrogen (secondary N) is 2. The largest absolute Gasteiger partial charge is 0.545 e. The van der Waals surface area contributed by atoms with Crippen LogP contribution in [0.15, 0.2) is 58.5 Å². The molecular weight excluding hydrogens is 420 g/mol. The Labute approximate surface area is 181 Å². The van der Waals surface area contributed by atoms with Gasteiger partial charge in [-0.3, -0.25) is 4.79 Å². The molecule has 1 saturated heterocycles. The zero-order chi connectivity index (χ0) is 22.4. The average Bonchev–Trinajstić information content (AvgIpc) is 2.75. The molecule has 1 heterocycles. The van der Waals surface area contributed by atoms with E-state index in [1.54, 1.807) is 36.4 Å². The van der Waals surface area contributed by atoms with Crippen LogP contribution in [0.25, 0.3) is 0 Å². The van der Waals surface area contributed by atoms with E-state index in [1.807, 2.05) is 6.92 Å². The van der Waals surface area contributed by atoms with E-state index >= 15 is 0 Å². The van der Waals surface area contributed by atoms with Crippen LogP contribution in [0.5, 0.6) is 0 Å². The van der Waals surface area contributed by atoms with E-state index in [0.717, 1.165) is 10.5 Å². The predicted octanol–water partition coefficient (Wildman–Crippen LogP) is -1.60. The number of carboxylic acid groups (broad SMARTS) is 1. The number of aryl methyl sites for hydroxylation is 1. The molecule has 2 N–H and O–H groups in total. The van der Waals surface area contributed by atoms with Crippen molar-refractivity contribution in [3.8, 4) is 0 Å². The molecule has 1 aliphatic rings. The molecular formula is C21H24N4O5S. The van der Waals surface area contributed by atoms with E-state index in [1.165, 1.54) is 22.7 Å². The molecule has 1 aliphatic heterocycles. The van der Waals surface area contributed by atoms with Crippen LogP contribution in [0.1, 0.15) is 21.5 Å². The third-order valence-electron chi connectivity index (χ3n) is 5.05. The van der Waals surface area contributed by atoms with Crippen LogP contribution in [0.3, 0.4) is 0 Å². The Kier molecular flexibility index (Phi) is 7.16. The lowest BCUT2D eigenvalue weighted by Gasteiger charge is -2.31. The maximum Gasteiger partial charge on any atom is 0.295 e. The second-order valence-corrected chi connectivity index (χ2v) is 9.28. The second kappa shape index (κ2) is 9.82. The lowest BCUT2D eigenvalue weighted by molar-refractivity contribution is -0.895. The summed E-state index contributed by atoms with van der Waals surface area (Å²) < 4.78 is 26.9. The third kappa shape index (κ3) is 5.97. The molecule has 2 aromatic carbocycles. The standard InChI is InChI=1S/C21H24N4O5S/c1-16-2-8-19(9-3-16)31(29,30)25-12-10-24(11-13-25)15-20(26)23-22-14-17-4-6-18(7-5-17)21(27)28/h2-9,14H,10-13,15H2,1H3,(H,23,26)(H,27,28)/b22-14+. The van der Waals surface area contributed by atoms with Crippen LogP contribution in [-0.2, 0) is 14.8 Å². The van der Waals surface area contributed by atoms with Crippen LogP contribution in [-0.4, -0.2) is 63.5 Å². The first kappa shape index (κ1) is 22.6. The summed E-state index contributed by atoms with van der Waals surface area (Å²) in [6.07, 6.45) is 1.42. The number of hydrazone groups is 1. The summed E-state index contributed by atoms with van der Waals surface area (Å²) >= 11 is 0. The number of aromatic carboxylic acids is 1. The first-order valence-electron chi connectivity index (χ1n) is 9.79. The highest BCUT2D eigenvalue weighted by Crippen LogP contribution is 2.16. The zero-order valence-corrected chi connectivity index (χ0v) is 17.9. The van der Waals surface area contributed by atoms with E-state index in [9.17, 15) is 23.1 Å². The van der Waals surface area contributed by atoms with Gasteiger partial charge in [0.05, 0.1) is 43.3 Å². The number of hydrogen-bond acceptors (Lipinski definition) is 6. The third-order valence-corrected chi connectivity index (χ3v) is 6.96. The highest BCUT2D eigenvalue weighted by molar-refractivity contribution is 7.89. The lowest BCUT2D eigenvalue weighted by Crippen LogP contribution is -3.15.